The second-order valence-corrected chi connectivity index (χ2v) is 6.06. The summed E-state index contributed by atoms with van der Waals surface area (Å²) in [7, 11) is 2.13. The molecule has 0 spiro atoms. The lowest BCUT2D eigenvalue weighted by Gasteiger charge is -2.33. The van der Waals surface area contributed by atoms with E-state index in [2.05, 4.69) is 32.1 Å². The highest BCUT2D eigenvalue weighted by molar-refractivity contribution is 6.39. The van der Waals surface area contributed by atoms with Gasteiger partial charge in [0.25, 0.3) is 0 Å². The first-order valence-electron chi connectivity index (χ1n) is 7.11. The maximum Gasteiger partial charge on any atom is 0.229 e. The van der Waals surface area contributed by atoms with Crippen molar-refractivity contribution in [3.63, 3.8) is 0 Å². The van der Waals surface area contributed by atoms with Gasteiger partial charge in [-0.2, -0.15) is 4.98 Å². The van der Waals surface area contributed by atoms with Crippen molar-refractivity contribution in [1.82, 2.24) is 14.9 Å². The second-order valence-electron chi connectivity index (χ2n) is 5.25. The molecule has 7 heteroatoms. The van der Waals surface area contributed by atoms with E-state index in [0.717, 1.165) is 32.0 Å². The predicted octanol–water partition coefficient (Wildman–Crippen LogP) is 3.28. The number of halogens is 2. The molecule has 2 aromatic rings. The van der Waals surface area contributed by atoms with Crippen molar-refractivity contribution in [1.29, 1.82) is 0 Å². The minimum Gasteiger partial charge on any atom is -0.354 e. The number of likely N-dealkylation sites (N-methyl/N-ethyl adjacent to an activating group) is 1. The highest BCUT2D eigenvalue weighted by Crippen LogP contribution is 2.31. The standard InChI is InChI=1S/C15H17Cl2N5/c1-21-7-9-22(10-8-21)13-5-6-18-15(19-13)20-14-11(16)3-2-4-12(14)17/h2-6H,7-10H2,1H3,(H,18,19,20). The second kappa shape index (κ2) is 6.69. The molecular weight excluding hydrogens is 321 g/mol. The molecule has 116 valence electrons. The highest BCUT2D eigenvalue weighted by atomic mass is 35.5. The maximum absolute atomic E-state index is 6.17. The van der Waals surface area contributed by atoms with Crippen molar-refractivity contribution in [2.75, 3.05) is 43.4 Å². The molecule has 22 heavy (non-hydrogen) atoms. The fourth-order valence-electron chi connectivity index (χ4n) is 2.35. The molecule has 0 amide bonds. The van der Waals surface area contributed by atoms with Crippen LogP contribution in [-0.4, -0.2) is 48.1 Å². The average Bonchev–Trinajstić information content (AvgIpc) is 2.52. The van der Waals surface area contributed by atoms with Gasteiger partial charge in [-0.3, -0.25) is 0 Å². The van der Waals surface area contributed by atoms with Crippen LogP contribution in [0.3, 0.4) is 0 Å². The van der Waals surface area contributed by atoms with Gasteiger partial charge in [0.2, 0.25) is 5.95 Å². The molecule has 1 N–H and O–H groups in total. The molecule has 1 fully saturated rings. The van der Waals surface area contributed by atoms with Gasteiger partial charge in [-0.05, 0) is 25.2 Å². The smallest absolute Gasteiger partial charge is 0.229 e. The molecule has 2 heterocycles. The van der Waals surface area contributed by atoms with Crippen LogP contribution in [0.1, 0.15) is 0 Å². The lowest BCUT2D eigenvalue weighted by molar-refractivity contribution is 0.312. The first-order chi connectivity index (χ1) is 10.6. The summed E-state index contributed by atoms with van der Waals surface area (Å²) in [5.41, 5.74) is 0.626. The molecule has 0 atom stereocenters. The van der Waals surface area contributed by atoms with Crippen LogP contribution in [0.4, 0.5) is 17.5 Å². The Labute approximate surface area is 139 Å². The van der Waals surface area contributed by atoms with Gasteiger partial charge in [-0.1, -0.05) is 29.3 Å². The first-order valence-corrected chi connectivity index (χ1v) is 7.86. The molecule has 1 aromatic carbocycles. The number of aromatic nitrogens is 2. The monoisotopic (exact) mass is 337 g/mol. The van der Waals surface area contributed by atoms with E-state index in [9.17, 15) is 0 Å². The number of nitrogens with zero attached hydrogens (tertiary/aromatic N) is 4. The van der Waals surface area contributed by atoms with Gasteiger partial charge in [0.1, 0.15) is 5.82 Å². The SMILES string of the molecule is CN1CCN(c2ccnc(Nc3c(Cl)cccc3Cl)n2)CC1. The summed E-state index contributed by atoms with van der Waals surface area (Å²) < 4.78 is 0. The minimum atomic E-state index is 0.492. The first kappa shape index (κ1) is 15.3. The fraction of sp³-hybridized carbons (Fsp3) is 0.333. The van der Waals surface area contributed by atoms with Crippen LogP contribution in [0, 0.1) is 0 Å². The molecule has 0 bridgehead atoms. The summed E-state index contributed by atoms with van der Waals surface area (Å²) in [5.74, 6) is 1.40. The summed E-state index contributed by atoms with van der Waals surface area (Å²) >= 11 is 12.3. The van der Waals surface area contributed by atoms with Crippen molar-refractivity contribution in [3.8, 4) is 0 Å². The Morgan fingerprint density at radius 1 is 1.05 bits per heavy atom. The topological polar surface area (TPSA) is 44.3 Å². The number of nitrogens with one attached hydrogen (secondary N) is 1. The van der Waals surface area contributed by atoms with E-state index < -0.39 is 0 Å². The average molecular weight is 338 g/mol. The van der Waals surface area contributed by atoms with Crippen molar-refractivity contribution in [2.24, 2.45) is 0 Å². The molecule has 0 saturated carbocycles. The molecule has 0 aliphatic carbocycles. The van der Waals surface area contributed by atoms with Crippen LogP contribution in [0.5, 0.6) is 0 Å². The van der Waals surface area contributed by atoms with E-state index >= 15 is 0 Å². The zero-order chi connectivity index (χ0) is 15.5. The van der Waals surface area contributed by atoms with Gasteiger partial charge in [0.05, 0.1) is 15.7 Å². The molecule has 0 radical (unpaired) electrons. The van der Waals surface area contributed by atoms with Gasteiger partial charge in [-0.15, -0.1) is 0 Å². The van der Waals surface area contributed by atoms with Crippen molar-refractivity contribution >= 4 is 40.7 Å². The molecular formula is C15H17Cl2N5. The third kappa shape index (κ3) is 3.43. The predicted molar refractivity (Wildman–Crippen MR) is 91.5 cm³/mol. The number of hydrogen-bond donors (Lipinski definition) is 1. The van der Waals surface area contributed by atoms with Crippen LogP contribution >= 0.6 is 23.2 Å². The third-order valence-electron chi connectivity index (χ3n) is 3.67. The Bertz CT molecular complexity index is 636. The lowest BCUT2D eigenvalue weighted by atomic mass is 10.3. The van der Waals surface area contributed by atoms with Crippen molar-refractivity contribution in [2.45, 2.75) is 0 Å². The van der Waals surface area contributed by atoms with Gasteiger partial charge < -0.3 is 15.1 Å². The van der Waals surface area contributed by atoms with Crippen LogP contribution in [-0.2, 0) is 0 Å². The van der Waals surface area contributed by atoms with E-state index in [1.165, 1.54) is 0 Å². The summed E-state index contributed by atoms with van der Waals surface area (Å²) in [6.45, 7) is 3.98. The summed E-state index contributed by atoms with van der Waals surface area (Å²) in [6, 6.07) is 7.28. The van der Waals surface area contributed by atoms with Gasteiger partial charge >= 0.3 is 0 Å². The van der Waals surface area contributed by atoms with Crippen LogP contribution in [0.15, 0.2) is 30.5 Å². The number of benzene rings is 1. The molecule has 1 saturated heterocycles. The van der Waals surface area contributed by atoms with Gasteiger partial charge in [-0.25, -0.2) is 4.98 Å². The Hall–Kier alpha value is -1.56. The Kier molecular flexibility index (Phi) is 4.66. The van der Waals surface area contributed by atoms with E-state index in [4.69, 9.17) is 23.2 Å². The molecule has 1 aliphatic rings. The van der Waals surface area contributed by atoms with E-state index in [1.807, 2.05) is 6.07 Å². The minimum absolute atomic E-state index is 0.492. The molecule has 3 rings (SSSR count). The molecule has 0 unspecified atom stereocenters. The summed E-state index contributed by atoms with van der Waals surface area (Å²) in [5, 5.41) is 4.19. The largest absolute Gasteiger partial charge is 0.354 e. The normalized spacial score (nSPS) is 15.9. The number of para-hydroxylation sites is 1. The molecule has 1 aromatic heterocycles. The number of rotatable bonds is 3. The van der Waals surface area contributed by atoms with Gasteiger partial charge in [0.15, 0.2) is 0 Å². The lowest BCUT2D eigenvalue weighted by Crippen LogP contribution is -2.44. The van der Waals surface area contributed by atoms with E-state index in [1.54, 1.807) is 24.4 Å². The number of anilines is 3. The van der Waals surface area contributed by atoms with Crippen molar-refractivity contribution < 1.29 is 0 Å². The number of piperazine rings is 1. The zero-order valence-corrected chi connectivity index (χ0v) is 13.8. The van der Waals surface area contributed by atoms with E-state index in [-0.39, 0.29) is 0 Å². The quantitative estimate of drug-likeness (QED) is 0.931. The summed E-state index contributed by atoms with van der Waals surface area (Å²) in [4.78, 5) is 13.4. The Balaban J connectivity index is 1.79. The van der Waals surface area contributed by atoms with Crippen LogP contribution in [0.25, 0.3) is 0 Å². The highest BCUT2D eigenvalue weighted by Gasteiger charge is 2.16. The number of hydrogen-bond acceptors (Lipinski definition) is 5. The molecule has 5 nitrogen and oxygen atoms in total. The maximum atomic E-state index is 6.17. The van der Waals surface area contributed by atoms with E-state index in [0.29, 0.717) is 21.7 Å². The van der Waals surface area contributed by atoms with Gasteiger partial charge in [0, 0.05) is 32.4 Å². The fourth-order valence-corrected chi connectivity index (χ4v) is 2.84. The third-order valence-corrected chi connectivity index (χ3v) is 4.30. The zero-order valence-electron chi connectivity index (χ0n) is 12.3. The van der Waals surface area contributed by atoms with Crippen LogP contribution in [0.2, 0.25) is 10.0 Å². The Morgan fingerprint density at radius 2 is 1.73 bits per heavy atom. The van der Waals surface area contributed by atoms with Crippen LogP contribution < -0.4 is 10.2 Å². The summed E-state index contributed by atoms with van der Waals surface area (Å²) in [6.07, 6.45) is 1.74. The Morgan fingerprint density at radius 3 is 2.41 bits per heavy atom. The van der Waals surface area contributed by atoms with Crippen molar-refractivity contribution in [3.05, 3.63) is 40.5 Å². The molecule has 1 aliphatic heterocycles.